The average molecular weight is 441 g/mol. The van der Waals surface area contributed by atoms with Crippen LogP contribution in [-0.4, -0.2) is 46.4 Å². The fraction of sp³-hybridized carbons (Fsp3) is 0.300. The minimum atomic E-state index is -4.60. The maximum absolute atomic E-state index is 13.2. The lowest BCUT2D eigenvalue weighted by Gasteiger charge is -2.36. The molecule has 5 nitrogen and oxygen atoms in total. The van der Waals surface area contributed by atoms with Crippen LogP contribution in [0.2, 0.25) is 5.02 Å². The summed E-state index contributed by atoms with van der Waals surface area (Å²) in [5.41, 5.74) is 0.370. The van der Waals surface area contributed by atoms with Gasteiger partial charge in [-0.15, -0.1) is 0 Å². The lowest BCUT2D eigenvalue weighted by Crippen LogP contribution is -2.49. The van der Waals surface area contributed by atoms with Crippen molar-refractivity contribution in [3.8, 4) is 0 Å². The molecule has 1 aliphatic rings. The van der Waals surface area contributed by atoms with Crippen molar-refractivity contribution in [3.63, 3.8) is 0 Å². The second-order valence-corrected chi connectivity index (χ2v) is 7.48. The minimum Gasteiger partial charge on any atom is -0.368 e. The van der Waals surface area contributed by atoms with E-state index >= 15 is 0 Å². The number of halogens is 5. The Hall–Kier alpha value is -2.81. The molecule has 1 fully saturated rings. The van der Waals surface area contributed by atoms with Crippen LogP contribution in [0, 0.1) is 12.7 Å². The van der Waals surface area contributed by atoms with E-state index in [-0.39, 0.29) is 22.2 Å². The van der Waals surface area contributed by atoms with E-state index in [1.807, 2.05) is 4.90 Å². The highest BCUT2D eigenvalue weighted by atomic mass is 35.5. The van der Waals surface area contributed by atoms with Gasteiger partial charge in [0.05, 0.1) is 16.3 Å². The summed E-state index contributed by atoms with van der Waals surface area (Å²) in [7, 11) is 0. The van der Waals surface area contributed by atoms with Gasteiger partial charge >= 0.3 is 6.18 Å². The number of hydrogen-bond donors (Lipinski definition) is 0. The lowest BCUT2D eigenvalue weighted by atomic mass is 10.2. The van der Waals surface area contributed by atoms with Crippen LogP contribution in [0.25, 0.3) is 5.65 Å². The van der Waals surface area contributed by atoms with Gasteiger partial charge in [-0.2, -0.15) is 13.2 Å². The highest BCUT2D eigenvalue weighted by molar-refractivity contribution is 6.33. The maximum atomic E-state index is 13.2. The summed E-state index contributed by atoms with van der Waals surface area (Å²) in [6.07, 6.45) is -3.75. The molecule has 1 saturated heterocycles. The van der Waals surface area contributed by atoms with Crippen molar-refractivity contribution >= 4 is 28.8 Å². The largest absolute Gasteiger partial charge is 0.417 e. The number of aryl methyl sites for hydroxylation is 1. The smallest absolute Gasteiger partial charge is 0.368 e. The zero-order valence-electron chi connectivity index (χ0n) is 15.9. The molecule has 10 heteroatoms. The molecule has 0 N–H and O–H groups in total. The molecule has 158 valence electrons. The highest BCUT2D eigenvalue weighted by Gasteiger charge is 2.33. The van der Waals surface area contributed by atoms with Gasteiger partial charge in [0.1, 0.15) is 11.5 Å². The summed E-state index contributed by atoms with van der Waals surface area (Å²) >= 11 is 6.00. The van der Waals surface area contributed by atoms with Crippen LogP contribution in [0.15, 0.2) is 36.5 Å². The van der Waals surface area contributed by atoms with Gasteiger partial charge in [-0.05, 0) is 37.3 Å². The Kier molecular flexibility index (Phi) is 5.09. The number of piperazine rings is 1. The first kappa shape index (κ1) is 20.5. The number of alkyl halides is 3. The van der Waals surface area contributed by atoms with E-state index in [2.05, 4.69) is 4.98 Å². The van der Waals surface area contributed by atoms with Crippen LogP contribution in [0.3, 0.4) is 0 Å². The molecule has 3 aromatic rings. The second kappa shape index (κ2) is 7.46. The first-order valence-electron chi connectivity index (χ1n) is 9.20. The van der Waals surface area contributed by atoms with Crippen LogP contribution in [-0.2, 0) is 6.18 Å². The molecule has 1 amide bonds. The zero-order valence-corrected chi connectivity index (χ0v) is 16.6. The van der Waals surface area contributed by atoms with Crippen molar-refractivity contribution in [2.45, 2.75) is 13.1 Å². The predicted molar refractivity (Wildman–Crippen MR) is 104 cm³/mol. The van der Waals surface area contributed by atoms with Gasteiger partial charge in [-0.3, -0.25) is 9.20 Å². The molecule has 30 heavy (non-hydrogen) atoms. The number of pyridine rings is 1. The van der Waals surface area contributed by atoms with Gasteiger partial charge in [-0.25, -0.2) is 9.37 Å². The minimum absolute atomic E-state index is 0.0632. The maximum Gasteiger partial charge on any atom is 0.417 e. The molecule has 0 bridgehead atoms. The van der Waals surface area contributed by atoms with Crippen LogP contribution in [0.5, 0.6) is 0 Å². The Balaban J connectivity index is 1.60. The monoisotopic (exact) mass is 440 g/mol. The third-order valence-electron chi connectivity index (χ3n) is 5.14. The molecule has 0 radical (unpaired) electrons. The quantitative estimate of drug-likeness (QED) is 0.554. The van der Waals surface area contributed by atoms with E-state index in [4.69, 9.17) is 11.6 Å². The van der Waals surface area contributed by atoms with Crippen molar-refractivity contribution in [2.24, 2.45) is 0 Å². The second-order valence-electron chi connectivity index (χ2n) is 7.07. The first-order chi connectivity index (χ1) is 14.1. The van der Waals surface area contributed by atoms with Crippen molar-refractivity contribution in [1.82, 2.24) is 14.3 Å². The van der Waals surface area contributed by atoms with Crippen molar-refractivity contribution in [3.05, 3.63) is 64.3 Å². The number of fused-ring (bicyclic) bond motifs is 1. The molecule has 4 rings (SSSR count). The number of carbonyl (C=O) groups is 1. The highest BCUT2D eigenvalue weighted by Crippen LogP contribution is 2.33. The van der Waals surface area contributed by atoms with E-state index in [0.29, 0.717) is 31.9 Å². The number of hydrogen-bond acceptors (Lipinski definition) is 3. The molecule has 0 spiro atoms. The summed E-state index contributed by atoms with van der Waals surface area (Å²) in [5, 5.41) is -0.173. The molecule has 3 heterocycles. The van der Waals surface area contributed by atoms with E-state index in [1.165, 1.54) is 12.1 Å². The van der Waals surface area contributed by atoms with E-state index < -0.39 is 17.6 Å². The van der Waals surface area contributed by atoms with E-state index in [1.54, 1.807) is 24.0 Å². The molecule has 2 aromatic heterocycles. The van der Waals surface area contributed by atoms with Crippen molar-refractivity contribution < 1.29 is 22.4 Å². The summed E-state index contributed by atoms with van der Waals surface area (Å²) in [6.45, 7) is 3.34. The molecule has 0 unspecified atom stereocenters. The Labute approximate surface area is 174 Å². The fourth-order valence-electron chi connectivity index (χ4n) is 3.60. The number of carbonyl (C=O) groups excluding carboxylic acids is 1. The number of aromatic nitrogens is 2. The molecule has 0 aliphatic carbocycles. The molecular weight excluding hydrogens is 424 g/mol. The summed E-state index contributed by atoms with van der Waals surface area (Å²) in [4.78, 5) is 20.9. The number of nitrogens with zero attached hydrogens (tertiary/aromatic N) is 4. The topological polar surface area (TPSA) is 40.9 Å². The number of rotatable bonds is 2. The van der Waals surface area contributed by atoms with Gasteiger partial charge in [-0.1, -0.05) is 11.6 Å². The Morgan fingerprint density at radius 3 is 2.33 bits per heavy atom. The lowest BCUT2D eigenvalue weighted by molar-refractivity contribution is -0.137. The van der Waals surface area contributed by atoms with Gasteiger partial charge in [0, 0.05) is 38.1 Å². The summed E-state index contributed by atoms with van der Waals surface area (Å²) < 4.78 is 53.8. The Morgan fingerprint density at radius 1 is 1.10 bits per heavy atom. The van der Waals surface area contributed by atoms with Gasteiger partial charge in [0.2, 0.25) is 0 Å². The number of imidazole rings is 1. The third-order valence-corrected chi connectivity index (χ3v) is 5.42. The van der Waals surface area contributed by atoms with Crippen LogP contribution in [0.1, 0.15) is 21.7 Å². The van der Waals surface area contributed by atoms with Crippen LogP contribution in [0.4, 0.5) is 23.2 Å². The number of anilines is 1. The van der Waals surface area contributed by atoms with Gasteiger partial charge < -0.3 is 9.80 Å². The number of amides is 1. The van der Waals surface area contributed by atoms with Crippen molar-refractivity contribution in [1.29, 1.82) is 0 Å². The third kappa shape index (κ3) is 3.69. The van der Waals surface area contributed by atoms with Crippen LogP contribution < -0.4 is 4.90 Å². The fourth-order valence-corrected chi connectivity index (χ4v) is 3.85. The summed E-state index contributed by atoms with van der Waals surface area (Å²) in [5.74, 6) is -0.735. The van der Waals surface area contributed by atoms with E-state index in [0.717, 1.165) is 22.4 Å². The van der Waals surface area contributed by atoms with Gasteiger partial charge in [0.15, 0.2) is 5.65 Å². The molecule has 1 aromatic carbocycles. The normalized spacial score (nSPS) is 15.1. The predicted octanol–water partition coefficient (Wildman–Crippen LogP) is 4.42. The Morgan fingerprint density at radius 2 is 1.73 bits per heavy atom. The average Bonchev–Trinajstić information content (AvgIpc) is 3.04. The first-order valence-corrected chi connectivity index (χ1v) is 9.58. The van der Waals surface area contributed by atoms with Gasteiger partial charge in [0.25, 0.3) is 5.91 Å². The summed E-state index contributed by atoms with van der Waals surface area (Å²) in [6, 6.07) is 6.89. The Bertz CT molecular complexity index is 1100. The molecule has 0 saturated carbocycles. The molecule has 1 aliphatic heterocycles. The van der Waals surface area contributed by atoms with Crippen LogP contribution >= 0.6 is 11.6 Å². The molecule has 0 atom stereocenters. The van der Waals surface area contributed by atoms with E-state index in [9.17, 15) is 22.4 Å². The number of benzene rings is 1. The molecular formula is C20H17ClF4N4O. The van der Waals surface area contributed by atoms with Crippen molar-refractivity contribution in [2.75, 3.05) is 31.1 Å². The standard InChI is InChI=1S/C20H17ClF4N4O/c1-12-17(29-11-13(20(23,24)25)10-16(21)18(29)26-12)19(30)28-8-6-27(7-9-28)15-4-2-14(22)3-5-15/h2-5,10-11H,6-9H2,1H3. The zero-order chi connectivity index (χ0) is 21.6. The SMILES string of the molecule is Cc1nc2c(Cl)cc(C(F)(F)F)cn2c1C(=O)N1CCN(c2ccc(F)cc2)CC1.